The van der Waals surface area contributed by atoms with Crippen molar-refractivity contribution in [3.05, 3.63) is 263 Å². The number of benzene rings is 7. The zero-order valence-corrected chi connectivity index (χ0v) is 41.4. The average molecular weight is 983 g/mol. The first kappa shape index (κ1) is 51.8. The van der Waals surface area contributed by atoms with Crippen LogP contribution < -0.4 is 0 Å². The quantitative estimate of drug-likeness (QED) is 0.0516. The molecule has 9 rings (SSSR count). The van der Waals surface area contributed by atoms with Crippen molar-refractivity contribution in [2.24, 2.45) is 0 Å². The summed E-state index contributed by atoms with van der Waals surface area (Å²) in [5, 5.41) is 0. The van der Waals surface area contributed by atoms with Crippen molar-refractivity contribution in [2.45, 2.75) is 107 Å². The lowest BCUT2D eigenvalue weighted by Gasteiger charge is -2.46. The van der Waals surface area contributed by atoms with Crippen molar-refractivity contribution in [3.8, 4) is 0 Å². The maximum Gasteiger partial charge on any atom is 0.186 e. The summed E-state index contributed by atoms with van der Waals surface area (Å²) in [7, 11) is 1.63. The van der Waals surface area contributed by atoms with Gasteiger partial charge in [-0.1, -0.05) is 224 Å². The zero-order valence-electron chi connectivity index (χ0n) is 41.4. The van der Waals surface area contributed by atoms with E-state index in [1.165, 1.54) is 0 Å². The predicted octanol–water partition coefficient (Wildman–Crippen LogP) is 11.4. The topological polar surface area (TPSA) is 92.3 Å². The van der Waals surface area contributed by atoms with Gasteiger partial charge in [-0.15, -0.1) is 0 Å². The molecule has 0 spiro atoms. The smallest absolute Gasteiger partial charge is 0.186 e. The molecule has 378 valence electrons. The maximum atomic E-state index is 7.23. The van der Waals surface area contributed by atoms with E-state index in [9.17, 15) is 0 Å². The number of rotatable bonds is 25. The van der Waals surface area contributed by atoms with E-state index in [0.717, 1.165) is 38.9 Å². The largest absolute Gasteiger partial charge is 0.374 e. The van der Waals surface area contributed by atoms with Gasteiger partial charge in [0, 0.05) is 7.11 Å². The minimum absolute atomic E-state index is 0.222. The number of ether oxygens (including phenoxy) is 10. The van der Waals surface area contributed by atoms with Crippen molar-refractivity contribution in [3.63, 3.8) is 0 Å². The molecule has 10 atom stereocenters. The van der Waals surface area contributed by atoms with Crippen molar-refractivity contribution < 1.29 is 47.4 Å². The lowest BCUT2D eigenvalue weighted by molar-refractivity contribution is -0.309. The normalized spacial score (nSPS) is 24.1. The van der Waals surface area contributed by atoms with Gasteiger partial charge in [0.05, 0.1) is 52.9 Å². The molecule has 7 aromatic carbocycles. The fourth-order valence-electron chi connectivity index (χ4n) is 9.23. The molecule has 0 bridgehead atoms. The van der Waals surface area contributed by atoms with Gasteiger partial charge in [-0.3, -0.25) is 0 Å². The monoisotopic (exact) mass is 982 g/mol. The van der Waals surface area contributed by atoms with Crippen LogP contribution in [-0.2, 0) is 93.6 Å². The van der Waals surface area contributed by atoms with E-state index >= 15 is 0 Å². The minimum atomic E-state index is -0.829. The highest BCUT2D eigenvalue weighted by Gasteiger charge is 2.50. The summed E-state index contributed by atoms with van der Waals surface area (Å²) in [5.41, 5.74) is 7.13. The molecule has 0 amide bonds. The summed E-state index contributed by atoms with van der Waals surface area (Å²) in [6.07, 6.45) is -2.65. The lowest BCUT2D eigenvalue weighted by atomic mass is 9.92. The lowest BCUT2D eigenvalue weighted by Crippen LogP contribution is -2.61. The van der Waals surface area contributed by atoms with Gasteiger partial charge in [0.1, 0.15) is 54.9 Å². The van der Waals surface area contributed by atoms with Crippen LogP contribution in [0.4, 0.5) is 0 Å². The van der Waals surface area contributed by atoms with Gasteiger partial charge >= 0.3 is 0 Å². The fraction of sp³-hybridized carbons (Fsp3) is 0.302. The molecule has 0 N–H and O–H groups in total. The molecule has 10 heteroatoms. The highest BCUT2D eigenvalue weighted by Crippen LogP contribution is 2.35. The zero-order chi connectivity index (χ0) is 49.7. The maximum absolute atomic E-state index is 7.23. The highest BCUT2D eigenvalue weighted by atomic mass is 16.7. The third-order valence-corrected chi connectivity index (χ3v) is 13.0. The van der Waals surface area contributed by atoms with Gasteiger partial charge in [0.15, 0.2) is 6.29 Å². The van der Waals surface area contributed by atoms with Crippen LogP contribution >= 0.6 is 0 Å². The van der Waals surface area contributed by atoms with Crippen LogP contribution in [0.5, 0.6) is 0 Å². The number of hydrogen-bond donors (Lipinski definition) is 0. The van der Waals surface area contributed by atoms with Crippen molar-refractivity contribution in [2.75, 3.05) is 13.7 Å². The van der Waals surface area contributed by atoms with Crippen LogP contribution in [0.3, 0.4) is 0 Å². The Hall–Kier alpha value is -6.12. The van der Waals surface area contributed by atoms with Crippen molar-refractivity contribution in [1.82, 2.24) is 0 Å². The summed E-state index contributed by atoms with van der Waals surface area (Å²) < 4.78 is 68.6. The Kier molecular flexibility index (Phi) is 19.7. The van der Waals surface area contributed by atoms with E-state index in [1.54, 1.807) is 7.11 Å². The highest BCUT2D eigenvalue weighted by molar-refractivity contribution is 5.20. The Morgan fingerprint density at radius 1 is 0.315 bits per heavy atom. The van der Waals surface area contributed by atoms with Gasteiger partial charge in [0.2, 0.25) is 0 Å². The molecule has 10 nitrogen and oxygen atoms in total. The molecule has 2 saturated heterocycles. The molecule has 0 aromatic heterocycles. The van der Waals surface area contributed by atoms with Crippen molar-refractivity contribution >= 4 is 0 Å². The van der Waals surface area contributed by atoms with Gasteiger partial charge < -0.3 is 47.4 Å². The van der Waals surface area contributed by atoms with Gasteiger partial charge in [-0.2, -0.15) is 0 Å². The van der Waals surface area contributed by atoms with E-state index in [2.05, 4.69) is 48.5 Å². The Morgan fingerprint density at radius 3 is 0.932 bits per heavy atom. The molecule has 2 aliphatic rings. The predicted molar refractivity (Wildman–Crippen MR) is 280 cm³/mol. The standard InChI is InChI=1S/C63H66O10/c1-64-63-62(71-45-53-35-21-8-22-36-53)61(70-44-52-33-19-7-20-34-52)58(67-41-49-27-13-4-14-28-49)55(73-63)38-37-54-57(66-40-48-25-11-3-12-26-48)60(69-43-51-31-17-6-18-32-51)59(68-42-50-29-15-5-16-30-50)56(72-54)46-65-39-47-23-9-2-10-24-47/h2-38,54-63H,39-46H2,1H3/b38-37+/t54-,55+,56+,57-,58+,59-,60+,61-,62+,63-/m0/s1. The summed E-state index contributed by atoms with van der Waals surface area (Å²) >= 11 is 0. The van der Waals surface area contributed by atoms with Gasteiger partial charge in [-0.25, -0.2) is 0 Å². The van der Waals surface area contributed by atoms with Crippen LogP contribution in [0.25, 0.3) is 0 Å². The molecule has 0 saturated carbocycles. The third-order valence-electron chi connectivity index (χ3n) is 13.0. The minimum Gasteiger partial charge on any atom is -0.374 e. The number of methoxy groups -OCH3 is 1. The number of hydrogen-bond acceptors (Lipinski definition) is 10. The van der Waals surface area contributed by atoms with E-state index in [1.807, 2.05) is 176 Å². The molecule has 0 radical (unpaired) electrons. The summed E-state index contributed by atoms with van der Waals surface area (Å²) in [6, 6.07) is 70.8. The summed E-state index contributed by atoms with van der Waals surface area (Å²) in [5.74, 6) is 0. The molecular formula is C63H66O10. The summed E-state index contributed by atoms with van der Waals surface area (Å²) in [6.45, 7) is 2.48. The molecule has 2 heterocycles. The van der Waals surface area contributed by atoms with Crippen LogP contribution in [0, 0.1) is 0 Å². The second-order valence-electron chi connectivity index (χ2n) is 18.3. The first-order chi connectivity index (χ1) is 36.2. The molecule has 73 heavy (non-hydrogen) atoms. The second kappa shape index (κ2) is 27.8. The third kappa shape index (κ3) is 15.2. The molecule has 2 fully saturated rings. The second-order valence-corrected chi connectivity index (χ2v) is 18.3. The summed E-state index contributed by atoms with van der Waals surface area (Å²) in [4.78, 5) is 0. The van der Waals surface area contributed by atoms with Crippen LogP contribution in [0.15, 0.2) is 224 Å². The molecule has 7 aromatic rings. The molecule has 0 unspecified atom stereocenters. The molecule has 2 aliphatic heterocycles. The average Bonchev–Trinajstić information content (AvgIpc) is 3.45. The van der Waals surface area contributed by atoms with E-state index in [0.29, 0.717) is 46.2 Å². The Labute approximate surface area is 430 Å². The van der Waals surface area contributed by atoms with Crippen LogP contribution in [0.1, 0.15) is 38.9 Å². The Morgan fingerprint density at radius 2 is 0.589 bits per heavy atom. The van der Waals surface area contributed by atoms with E-state index in [4.69, 9.17) is 47.4 Å². The SMILES string of the molecule is CO[C@H]1O[C@H](/C=C/[C@@H]2O[C@H](COCc3ccccc3)[C@H](OCc3ccccc3)[C@H](OCc3ccccc3)[C@H]2OCc2ccccc2)[C@@H](OCc2ccccc2)[C@H](OCc2ccccc2)[C@H]1OCc1ccccc1. The molecular weight excluding hydrogens is 917 g/mol. The van der Waals surface area contributed by atoms with E-state index in [-0.39, 0.29) is 6.61 Å². The fourth-order valence-corrected chi connectivity index (χ4v) is 9.23. The Balaban J connectivity index is 1.08. The van der Waals surface area contributed by atoms with Gasteiger partial charge in [0.25, 0.3) is 0 Å². The Bertz CT molecular complexity index is 2610. The molecule has 0 aliphatic carbocycles. The van der Waals surface area contributed by atoms with Gasteiger partial charge in [-0.05, 0) is 38.9 Å². The first-order valence-electron chi connectivity index (χ1n) is 25.2. The van der Waals surface area contributed by atoms with E-state index < -0.39 is 61.2 Å². The van der Waals surface area contributed by atoms with Crippen molar-refractivity contribution in [1.29, 1.82) is 0 Å². The first-order valence-corrected chi connectivity index (χ1v) is 25.2. The van der Waals surface area contributed by atoms with Crippen LogP contribution in [0.2, 0.25) is 0 Å². The van der Waals surface area contributed by atoms with Crippen LogP contribution in [-0.4, -0.2) is 74.9 Å².